The van der Waals surface area contributed by atoms with Gasteiger partial charge in [-0.15, -0.1) is 0 Å². The lowest BCUT2D eigenvalue weighted by Gasteiger charge is -2.38. The van der Waals surface area contributed by atoms with Gasteiger partial charge >= 0.3 is 5.97 Å². The summed E-state index contributed by atoms with van der Waals surface area (Å²) in [6.45, 7) is 3.01. The van der Waals surface area contributed by atoms with Gasteiger partial charge in [-0.2, -0.15) is 0 Å². The molecule has 0 bridgehead atoms. The molecule has 0 spiro atoms. The molecule has 2 rings (SSSR count). The fraction of sp³-hybridized carbons (Fsp3) is 0.538. The van der Waals surface area contributed by atoms with Crippen molar-refractivity contribution in [1.82, 2.24) is 4.98 Å². The zero-order valence-corrected chi connectivity index (χ0v) is 11.2. The van der Waals surface area contributed by atoms with Gasteiger partial charge in [-0.1, -0.05) is 0 Å². The zero-order chi connectivity index (χ0) is 14.0. The molecule has 1 aliphatic rings. The average molecular weight is 265 g/mol. The van der Waals surface area contributed by atoms with E-state index in [9.17, 15) is 9.90 Å². The number of aliphatic hydroxyl groups is 1. The number of rotatable bonds is 2. The minimum Gasteiger partial charge on any atom is -0.464 e. The van der Waals surface area contributed by atoms with Crippen LogP contribution in [0.1, 0.15) is 30.3 Å². The molecule has 0 aliphatic carbocycles. The number of nitrogens with two attached hydrogens (primary N) is 1. The quantitative estimate of drug-likeness (QED) is 0.769. The van der Waals surface area contributed by atoms with Crippen molar-refractivity contribution < 1.29 is 14.6 Å². The summed E-state index contributed by atoms with van der Waals surface area (Å²) < 4.78 is 4.65. The van der Waals surface area contributed by atoms with Crippen LogP contribution in [0.25, 0.3) is 0 Å². The first-order chi connectivity index (χ1) is 8.93. The molecule has 104 valence electrons. The molecule has 0 saturated carbocycles. The Labute approximate surface area is 112 Å². The number of aromatic nitrogens is 1. The van der Waals surface area contributed by atoms with E-state index < -0.39 is 11.6 Å². The highest BCUT2D eigenvalue weighted by molar-refractivity contribution is 5.88. The van der Waals surface area contributed by atoms with Gasteiger partial charge in [0.1, 0.15) is 0 Å². The molecule has 1 aromatic heterocycles. The third-order valence-electron chi connectivity index (χ3n) is 3.27. The van der Waals surface area contributed by atoms with Gasteiger partial charge in [-0.05, 0) is 31.9 Å². The van der Waals surface area contributed by atoms with E-state index in [0.717, 1.165) is 19.4 Å². The van der Waals surface area contributed by atoms with E-state index in [4.69, 9.17) is 5.73 Å². The second-order valence-electron chi connectivity index (χ2n) is 5.12. The van der Waals surface area contributed by atoms with E-state index >= 15 is 0 Å². The minimum atomic E-state index is -0.756. The minimum absolute atomic E-state index is 0.219. The topological polar surface area (TPSA) is 88.7 Å². The Morgan fingerprint density at radius 2 is 2.32 bits per heavy atom. The number of anilines is 2. The van der Waals surface area contributed by atoms with E-state index in [-0.39, 0.29) is 5.69 Å². The zero-order valence-electron chi connectivity index (χ0n) is 11.2. The van der Waals surface area contributed by atoms with Crippen LogP contribution < -0.4 is 10.6 Å². The van der Waals surface area contributed by atoms with Gasteiger partial charge in [0, 0.05) is 13.1 Å². The third kappa shape index (κ3) is 2.96. The van der Waals surface area contributed by atoms with Crippen LogP contribution in [0.2, 0.25) is 0 Å². The molecule has 1 atom stereocenters. The molecule has 19 heavy (non-hydrogen) atoms. The average Bonchev–Trinajstić information content (AvgIpc) is 2.37. The van der Waals surface area contributed by atoms with Crippen LogP contribution in [0, 0.1) is 0 Å². The van der Waals surface area contributed by atoms with E-state index in [1.54, 1.807) is 13.0 Å². The van der Waals surface area contributed by atoms with Crippen molar-refractivity contribution >= 4 is 17.5 Å². The van der Waals surface area contributed by atoms with Crippen molar-refractivity contribution in [2.45, 2.75) is 25.4 Å². The van der Waals surface area contributed by atoms with Crippen LogP contribution in [0.15, 0.2) is 12.1 Å². The largest absolute Gasteiger partial charge is 0.464 e. The number of carbonyl (C=O) groups is 1. The number of ether oxygens (including phenoxy) is 1. The third-order valence-corrected chi connectivity index (χ3v) is 3.27. The molecule has 1 fully saturated rings. The summed E-state index contributed by atoms with van der Waals surface area (Å²) in [5, 5.41) is 10.1. The number of β-amino-alcohol motifs (C(OH)–C–C–N with tert-alkyl or cyclic N) is 1. The highest BCUT2D eigenvalue weighted by atomic mass is 16.5. The molecule has 1 unspecified atom stereocenters. The summed E-state index contributed by atoms with van der Waals surface area (Å²) in [5.74, 6) is 0.0351. The maximum Gasteiger partial charge on any atom is 0.356 e. The summed E-state index contributed by atoms with van der Waals surface area (Å²) in [4.78, 5) is 17.6. The Balaban J connectivity index is 2.30. The summed E-state index contributed by atoms with van der Waals surface area (Å²) in [6.07, 6.45) is 1.61. The highest BCUT2D eigenvalue weighted by Gasteiger charge is 2.30. The second kappa shape index (κ2) is 5.05. The maximum atomic E-state index is 11.5. The molecular formula is C13H19N3O3. The molecule has 1 saturated heterocycles. The van der Waals surface area contributed by atoms with Gasteiger partial charge in [0.05, 0.1) is 18.4 Å². The molecule has 2 heterocycles. The number of hydrogen-bond donors (Lipinski definition) is 2. The molecule has 3 N–H and O–H groups in total. The normalized spacial score (nSPS) is 23.2. The molecule has 1 aromatic rings. The number of nitrogen functional groups attached to an aromatic ring is 1. The lowest BCUT2D eigenvalue weighted by atomic mass is 9.95. The van der Waals surface area contributed by atoms with Gasteiger partial charge in [0.15, 0.2) is 11.5 Å². The smallest absolute Gasteiger partial charge is 0.356 e. The lowest BCUT2D eigenvalue weighted by Crippen LogP contribution is -2.46. The second-order valence-corrected chi connectivity index (χ2v) is 5.12. The number of nitrogens with zero attached hydrogens (tertiary/aromatic N) is 2. The number of carbonyl (C=O) groups excluding carboxylic acids is 1. The summed E-state index contributed by atoms with van der Waals surface area (Å²) in [5.41, 5.74) is 5.87. The highest BCUT2D eigenvalue weighted by Crippen LogP contribution is 2.28. The number of piperidine rings is 1. The Hall–Kier alpha value is -1.82. The molecule has 6 heteroatoms. The molecule has 0 aromatic carbocycles. The van der Waals surface area contributed by atoms with Crippen LogP contribution in [0.3, 0.4) is 0 Å². The lowest BCUT2D eigenvalue weighted by molar-refractivity contribution is 0.0447. The fourth-order valence-electron chi connectivity index (χ4n) is 2.33. The first kappa shape index (κ1) is 13.6. The van der Waals surface area contributed by atoms with Crippen molar-refractivity contribution in [3.05, 3.63) is 17.8 Å². The number of pyridine rings is 1. The summed E-state index contributed by atoms with van der Waals surface area (Å²) in [6, 6.07) is 3.17. The van der Waals surface area contributed by atoms with Crippen molar-refractivity contribution in [3.8, 4) is 0 Å². The van der Waals surface area contributed by atoms with Crippen LogP contribution in [0.4, 0.5) is 11.5 Å². The molecule has 6 nitrogen and oxygen atoms in total. The van der Waals surface area contributed by atoms with Crippen LogP contribution in [-0.2, 0) is 4.74 Å². The SMILES string of the molecule is COC(=O)c1ccc(N)c(N2CCCC(C)(O)C2)n1. The van der Waals surface area contributed by atoms with Gasteiger partial charge in [0.2, 0.25) is 0 Å². The molecule has 1 aliphatic heterocycles. The number of esters is 1. The Morgan fingerprint density at radius 3 is 2.95 bits per heavy atom. The monoisotopic (exact) mass is 265 g/mol. The van der Waals surface area contributed by atoms with E-state index in [1.807, 2.05) is 4.90 Å². The standard InChI is InChI=1S/C13H19N3O3/c1-13(18)6-3-7-16(8-13)11-9(14)4-5-10(15-11)12(17)19-2/h4-5,18H,3,6-8,14H2,1-2H3. The van der Waals surface area contributed by atoms with Gasteiger partial charge in [-0.25, -0.2) is 9.78 Å². The van der Waals surface area contributed by atoms with Crippen molar-refractivity contribution in [2.75, 3.05) is 30.8 Å². The number of hydrogen-bond acceptors (Lipinski definition) is 6. The van der Waals surface area contributed by atoms with Crippen molar-refractivity contribution in [3.63, 3.8) is 0 Å². The maximum absolute atomic E-state index is 11.5. The molecular weight excluding hydrogens is 246 g/mol. The van der Waals surface area contributed by atoms with Gasteiger partial charge < -0.3 is 20.5 Å². The predicted molar refractivity (Wildman–Crippen MR) is 72.1 cm³/mol. The molecule has 0 amide bonds. The first-order valence-electron chi connectivity index (χ1n) is 6.25. The van der Waals surface area contributed by atoms with E-state index in [0.29, 0.717) is 18.1 Å². The van der Waals surface area contributed by atoms with Crippen molar-refractivity contribution in [1.29, 1.82) is 0 Å². The summed E-state index contributed by atoms with van der Waals surface area (Å²) >= 11 is 0. The van der Waals surface area contributed by atoms with E-state index in [1.165, 1.54) is 13.2 Å². The fourth-order valence-corrected chi connectivity index (χ4v) is 2.33. The van der Waals surface area contributed by atoms with E-state index in [2.05, 4.69) is 9.72 Å². The number of methoxy groups -OCH3 is 1. The van der Waals surface area contributed by atoms with Crippen LogP contribution >= 0.6 is 0 Å². The Morgan fingerprint density at radius 1 is 1.58 bits per heavy atom. The first-order valence-corrected chi connectivity index (χ1v) is 6.25. The van der Waals surface area contributed by atoms with Crippen molar-refractivity contribution in [2.24, 2.45) is 0 Å². The van der Waals surface area contributed by atoms with Crippen LogP contribution in [0.5, 0.6) is 0 Å². The summed E-state index contributed by atoms with van der Waals surface area (Å²) in [7, 11) is 1.31. The predicted octanol–water partition coefficient (Wildman–Crippen LogP) is 0.802. The van der Waals surface area contributed by atoms with Gasteiger partial charge in [-0.3, -0.25) is 0 Å². The molecule has 0 radical (unpaired) electrons. The Kier molecular flexibility index (Phi) is 3.61. The Bertz CT molecular complexity index is 488. The van der Waals surface area contributed by atoms with Gasteiger partial charge in [0.25, 0.3) is 0 Å². The van der Waals surface area contributed by atoms with Crippen LogP contribution in [-0.4, -0.2) is 41.9 Å².